The van der Waals surface area contributed by atoms with E-state index in [0.29, 0.717) is 54.6 Å². The van der Waals surface area contributed by atoms with Crippen LogP contribution in [0.4, 0.5) is 0 Å². The second-order valence-electron chi connectivity index (χ2n) is 8.18. The molecule has 0 spiro atoms. The highest BCUT2D eigenvalue weighted by molar-refractivity contribution is 5.95. The monoisotopic (exact) mass is 427 g/mol. The van der Waals surface area contributed by atoms with Gasteiger partial charge in [0, 0.05) is 36.7 Å². The van der Waals surface area contributed by atoms with Crippen molar-refractivity contribution in [2.45, 2.75) is 43.4 Å². The summed E-state index contributed by atoms with van der Waals surface area (Å²) in [6.45, 7) is 0.978. The second-order valence-corrected chi connectivity index (χ2v) is 8.18. The smallest absolute Gasteiger partial charge is 0.319 e. The minimum atomic E-state index is -1.17. The highest BCUT2D eigenvalue weighted by Gasteiger charge is 2.51. The minimum Gasteiger partial charge on any atom is -0.486 e. The van der Waals surface area contributed by atoms with Gasteiger partial charge in [0.2, 0.25) is 5.88 Å². The van der Waals surface area contributed by atoms with Crippen LogP contribution in [0.5, 0.6) is 23.4 Å². The number of benzene rings is 1. The van der Waals surface area contributed by atoms with Crippen molar-refractivity contribution in [3.8, 4) is 23.4 Å². The molecule has 3 aliphatic rings. The normalized spacial score (nSPS) is 26.5. The number of methoxy groups -OCH3 is 2. The minimum absolute atomic E-state index is 0.0514. The van der Waals surface area contributed by atoms with Gasteiger partial charge in [0.25, 0.3) is 5.91 Å². The van der Waals surface area contributed by atoms with Crippen LogP contribution in [-0.2, 0) is 5.60 Å². The zero-order valence-electron chi connectivity index (χ0n) is 17.5. The molecule has 2 fully saturated rings. The van der Waals surface area contributed by atoms with E-state index in [1.54, 1.807) is 24.4 Å². The first-order valence-corrected chi connectivity index (χ1v) is 10.4. The van der Waals surface area contributed by atoms with E-state index in [-0.39, 0.29) is 24.0 Å². The summed E-state index contributed by atoms with van der Waals surface area (Å²) in [5.41, 5.74) is -0.0800. The van der Waals surface area contributed by atoms with Crippen LogP contribution in [0.2, 0.25) is 0 Å². The number of rotatable bonds is 4. The maximum Gasteiger partial charge on any atom is 0.319 e. The van der Waals surface area contributed by atoms with Gasteiger partial charge in [-0.05, 0) is 31.0 Å². The number of carbonyl (C=O) groups excluding carboxylic acids is 1. The fraction of sp³-hybridized carbons (Fsp3) is 0.500. The lowest BCUT2D eigenvalue weighted by Crippen LogP contribution is -2.52. The van der Waals surface area contributed by atoms with Crippen molar-refractivity contribution in [1.82, 2.24) is 14.9 Å². The fourth-order valence-corrected chi connectivity index (χ4v) is 5.03. The molecule has 4 heterocycles. The van der Waals surface area contributed by atoms with Crippen molar-refractivity contribution in [3.05, 3.63) is 35.5 Å². The van der Waals surface area contributed by atoms with Crippen LogP contribution in [0.15, 0.2) is 24.4 Å². The number of ether oxygens (including phenoxy) is 4. The van der Waals surface area contributed by atoms with Gasteiger partial charge < -0.3 is 29.0 Å². The third-order valence-electron chi connectivity index (χ3n) is 6.40. The number of carbonyl (C=O) groups is 1. The van der Waals surface area contributed by atoms with E-state index in [2.05, 4.69) is 9.97 Å². The molecule has 2 aromatic rings. The Morgan fingerprint density at radius 1 is 1.13 bits per heavy atom. The van der Waals surface area contributed by atoms with Crippen molar-refractivity contribution in [1.29, 1.82) is 0 Å². The number of nitrogens with zero attached hydrogens (tertiary/aromatic N) is 3. The number of hydrogen-bond acceptors (Lipinski definition) is 8. The van der Waals surface area contributed by atoms with Crippen LogP contribution in [0.25, 0.3) is 0 Å². The van der Waals surface area contributed by atoms with E-state index >= 15 is 0 Å². The lowest BCUT2D eigenvalue weighted by atomic mass is 9.81. The molecular formula is C22H25N3O6. The van der Waals surface area contributed by atoms with E-state index < -0.39 is 5.60 Å². The second kappa shape index (κ2) is 7.56. The van der Waals surface area contributed by atoms with E-state index in [1.807, 2.05) is 4.90 Å². The molecular weight excluding hydrogens is 402 g/mol. The van der Waals surface area contributed by atoms with Crippen LogP contribution in [0.1, 0.15) is 41.6 Å². The molecule has 1 aromatic carbocycles. The standard InChI is InChI=1S/C22H25N3O6/c1-28-19-16(12-23-21(24-19)29-2)22(27)10-14-4-5-15(11-22)25(14)20(26)13-3-6-17-18(9-13)31-8-7-30-17/h3,6,9,12,14-15,27H,4-5,7-8,10-11H2,1-2H3/t14-,15-/m0/s1. The van der Waals surface area contributed by atoms with Gasteiger partial charge in [-0.2, -0.15) is 4.98 Å². The zero-order chi connectivity index (χ0) is 21.6. The number of aromatic nitrogens is 2. The molecule has 1 aromatic heterocycles. The Bertz CT molecular complexity index is 999. The molecule has 5 rings (SSSR count). The third kappa shape index (κ3) is 3.33. The summed E-state index contributed by atoms with van der Waals surface area (Å²) in [4.78, 5) is 23.7. The van der Waals surface area contributed by atoms with Crippen LogP contribution in [0.3, 0.4) is 0 Å². The highest BCUT2D eigenvalue weighted by atomic mass is 16.6. The molecule has 31 heavy (non-hydrogen) atoms. The van der Waals surface area contributed by atoms with E-state index in [1.165, 1.54) is 14.2 Å². The molecule has 1 amide bonds. The van der Waals surface area contributed by atoms with Crippen molar-refractivity contribution in [2.24, 2.45) is 0 Å². The first-order valence-electron chi connectivity index (χ1n) is 10.4. The summed E-state index contributed by atoms with van der Waals surface area (Å²) in [5.74, 6) is 1.49. The number of fused-ring (bicyclic) bond motifs is 3. The Morgan fingerprint density at radius 2 is 1.84 bits per heavy atom. The Labute approximate surface area is 179 Å². The molecule has 0 radical (unpaired) electrons. The molecule has 0 saturated carbocycles. The molecule has 2 atom stereocenters. The quantitative estimate of drug-likeness (QED) is 0.790. The summed E-state index contributed by atoms with van der Waals surface area (Å²) in [6.07, 6.45) is 4.02. The number of amides is 1. The number of hydrogen-bond donors (Lipinski definition) is 1. The molecule has 9 heteroatoms. The van der Waals surface area contributed by atoms with E-state index in [0.717, 1.165) is 12.8 Å². The summed E-state index contributed by atoms with van der Waals surface area (Å²) in [7, 11) is 2.98. The first-order chi connectivity index (χ1) is 15.0. The Kier molecular flexibility index (Phi) is 4.85. The SMILES string of the molecule is COc1ncc(C2(O)C[C@@H]3CC[C@@H](C2)N3C(=O)c2ccc3c(c2)OCCO3)c(OC)n1. The highest BCUT2D eigenvalue weighted by Crippen LogP contribution is 2.48. The van der Waals surface area contributed by atoms with Crippen LogP contribution >= 0.6 is 0 Å². The summed E-state index contributed by atoms with van der Waals surface area (Å²) >= 11 is 0. The average molecular weight is 427 g/mol. The van der Waals surface area contributed by atoms with Crippen LogP contribution < -0.4 is 18.9 Å². The molecule has 164 valence electrons. The van der Waals surface area contributed by atoms with Crippen LogP contribution in [-0.4, -0.2) is 65.4 Å². The van der Waals surface area contributed by atoms with Gasteiger partial charge >= 0.3 is 6.01 Å². The van der Waals surface area contributed by atoms with E-state index in [4.69, 9.17) is 18.9 Å². The van der Waals surface area contributed by atoms with Gasteiger partial charge in [-0.1, -0.05) is 0 Å². The molecule has 2 saturated heterocycles. The number of piperidine rings is 1. The third-order valence-corrected chi connectivity index (χ3v) is 6.40. The fourth-order valence-electron chi connectivity index (χ4n) is 5.03. The number of aliphatic hydroxyl groups is 1. The molecule has 3 aliphatic heterocycles. The largest absolute Gasteiger partial charge is 0.486 e. The molecule has 9 nitrogen and oxygen atoms in total. The molecule has 1 N–H and O–H groups in total. The maximum atomic E-state index is 13.4. The lowest BCUT2D eigenvalue weighted by Gasteiger charge is -2.44. The molecule has 0 unspecified atom stereocenters. The predicted molar refractivity (Wildman–Crippen MR) is 109 cm³/mol. The Balaban J connectivity index is 1.41. The van der Waals surface area contributed by atoms with Gasteiger partial charge in [0.1, 0.15) is 18.8 Å². The Hall–Kier alpha value is -3.07. The summed E-state index contributed by atoms with van der Waals surface area (Å²) in [6, 6.07) is 5.31. The van der Waals surface area contributed by atoms with Crippen molar-refractivity contribution in [2.75, 3.05) is 27.4 Å². The predicted octanol–water partition coefficient (Wildman–Crippen LogP) is 1.92. The molecule has 0 aliphatic carbocycles. The first kappa shape index (κ1) is 19.9. The van der Waals surface area contributed by atoms with Gasteiger partial charge in [-0.3, -0.25) is 4.79 Å². The average Bonchev–Trinajstić information content (AvgIpc) is 3.09. The lowest BCUT2D eigenvalue weighted by molar-refractivity contribution is -0.0497. The summed E-state index contributed by atoms with van der Waals surface area (Å²) in [5, 5.41) is 11.6. The topological polar surface area (TPSA) is 103 Å². The van der Waals surface area contributed by atoms with Gasteiger partial charge in [0.15, 0.2) is 11.5 Å². The maximum absolute atomic E-state index is 13.4. The zero-order valence-corrected chi connectivity index (χ0v) is 17.5. The Morgan fingerprint density at radius 3 is 2.52 bits per heavy atom. The van der Waals surface area contributed by atoms with Gasteiger partial charge in [-0.15, -0.1) is 0 Å². The van der Waals surface area contributed by atoms with Gasteiger partial charge in [-0.25, -0.2) is 4.98 Å². The molecule has 2 bridgehead atoms. The van der Waals surface area contributed by atoms with Crippen molar-refractivity contribution < 1.29 is 28.8 Å². The van der Waals surface area contributed by atoms with E-state index in [9.17, 15) is 9.90 Å². The van der Waals surface area contributed by atoms with Crippen LogP contribution in [0, 0.1) is 0 Å². The van der Waals surface area contributed by atoms with Crippen molar-refractivity contribution in [3.63, 3.8) is 0 Å². The van der Waals surface area contributed by atoms with Crippen molar-refractivity contribution >= 4 is 5.91 Å². The summed E-state index contributed by atoms with van der Waals surface area (Å²) < 4.78 is 21.7. The van der Waals surface area contributed by atoms with Gasteiger partial charge in [0.05, 0.1) is 19.8 Å².